The molecule has 2 aliphatic rings. The molecule has 1 atom stereocenters. The van der Waals surface area contributed by atoms with Crippen molar-refractivity contribution in [1.82, 2.24) is 0 Å². The van der Waals surface area contributed by atoms with Crippen LogP contribution in [0.2, 0.25) is 0 Å². The lowest BCUT2D eigenvalue weighted by Gasteiger charge is -2.15. The zero-order valence-electron chi connectivity index (χ0n) is 15.0. The molecular weight excluding hydrogens is 292 g/mol. The van der Waals surface area contributed by atoms with Gasteiger partial charge < -0.3 is 14.2 Å². The summed E-state index contributed by atoms with van der Waals surface area (Å²) in [4.78, 5) is 11.9. The summed E-state index contributed by atoms with van der Waals surface area (Å²) in [6.45, 7) is 5.18. The molecule has 1 aliphatic heterocycles. The third kappa shape index (κ3) is 6.80. The number of carbonyl (C=O) groups excluding carboxylic acids is 1. The smallest absolute Gasteiger partial charge is 0.341 e. The van der Waals surface area contributed by atoms with E-state index in [0.717, 1.165) is 32.3 Å². The monoisotopic (exact) mass is 326 g/mol. The summed E-state index contributed by atoms with van der Waals surface area (Å²) in [6, 6.07) is 0. The standard InChI is InChI=1S/C19H34O4/c1-16(2)23-18(20)19(15-22-19)13-9-5-6-10-14-21-17-11-7-3-4-8-12-17/h16-17H,3-15H2,1-2H3. The van der Waals surface area contributed by atoms with E-state index in [1.807, 2.05) is 13.8 Å². The lowest BCUT2D eigenvalue weighted by Crippen LogP contribution is -2.29. The molecule has 0 spiro atoms. The molecule has 4 heteroatoms. The van der Waals surface area contributed by atoms with Gasteiger partial charge in [0.15, 0.2) is 5.60 Å². The first kappa shape index (κ1) is 18.7. The predicted molar refractivity (Wildman–Crippen MR) is 90.4 cm³/mol. The average molecular weight is 326 g/mol. The number of ether oxygens (including phenoxy) is 3. The molecule has 1 heterocycles. The molecule has 0 radical (unpaired) electrons. The summed E-state index contributed by atoms with van der Waals surface area (Å²) < 4.78 is 16.7. The van der Waals surface area contributed by atoms with Gasteiger partial charge in [-0.15, -0.1) is 0 Å². The van der Waals surface area contributed by atoms with Crippen LogP contribution in [0.1, 0.15) is 84.5 Å². The van der Waals surface area contributed by atoms with E-state index in [4.69, 9.17) is 14.2 Å². The second-order valence-corrected chi connectivity index (χ2v) is 7.39. The molecule has 1 unspecified atom stereocenters. The first-order valence-electron chi connectivity index (χ1n) is 9.59. The van der Waals surface area contributed by atoms with Crippen molar-refractivity contribution in [2.45, 2.75) is 102 Å². The summed E-state index contributed by atoms with van der Waals surface area (Å²) in [7, 11) is 0. The Morgan fingerprint density at radius 3 is 2.35 bits per heavy atom. The van der Waals surface area contributed by atoms with Gasteiger partial charge in [-0.05, 0) is 46.0 Å². The van der Waals surface area contributed by atoms with Crippen molar-refractivity contribution < 1.29 is 19.0 Å². The lowest BCUT2D eigenvalue weighted by molar-refractivity contribution is -0.154. The Kier molecular flexibility index (Phi) is 7.84. The van der Waals surface area contributed by atoms with E-state index in [-0.39, 0.29) is 12.1 Å². The van der Waals surface area contributed by atoms with Crippen molar-refractivity contribution in [1.29, 1.82) is 0 Å². The molecule has 1 saturated heterocycles. The largest absolute Gasteiger partial charge is 0.461 e. The SMILES string of the molecule is CC(C)OC(=O)C1(CCCCCCOC2CCCCCC2)CO1. The van der Waals surface area contributed by atoms with Crippen LogP contribution < -0.4 is 0 Å². The van der Waals surface area contributed by atoms with Gasteiger partial charge in [-0.1, -0.05) is 38.5 Å². The van der Waals surface area contributed by atoms with E-state index >= 15 is 0 Å². The molecule has 0 bridgehead atoms. The molecule has 2 rings (SSSR count). The van der Waals surface area contributed by atoms with Gasteiger partial charge in [-0.25, -0.2) is 4.79 Å². The maximum Gasteiger partial charge on any atom is 0.341 e. The number of rotatable bonds is 10. The van der Waals surface area contributed by atoms with Crippen molar-refractivity contribution in [3.8, 4) is 0 Å². The molecule has 1 saturated carbocycles. The van der Waals surface area contributed by atoms with Gasteiger partial charge in [0.05, 0.1) is 18.8 Å². The van der Waals surface area contributed by atoms with E-state index in [2.05, 4.69) is 0 Å². The lowest BCUT2D eigenvalue weighted by atomic mass is 10.0. The molecule has 23 heavy (non-hydrogen) atoms. The summed E-state index contributed by atoms with van der Waals surface area (Å²) in [5.74, 6) is -0.177. The van der Waals surface area contributed by atoms with Crippen molar-refractivity contribution in [2.24, 2.45) is 0 Å². The quantitative estimate of drug-likeness (QED) is 0.258. The van der Waals surface area contributed by atoms with Crippen LogP contribution in [0.15, 0.2) is 0 Å². The van der Waals surface area contributed by atoms with E-state index < -0.39 is 5.60 Å². The molecule has 0 aromatic carbocycles. The fourth-order valence-electron chi connectivity index (χ4n) is 3.30. The third-order valence-electron chi connectivity index (χ3n) is 4.84. The summed E-state index contributed by atoms with van der Waals surface area (Å²) >= 11 is 0. The van der Waals surface area contributed by atoms with Crippen LogP contribution in [0.3, 0.4) is 0 Å². The van der Waals surface area contributed by atoms with Crippen molar-refractivity contribution in [2.75, 3.05) is 13.2 Å². The van der Waals surface area contributed by atoms with Gasteiger partial charge in [0.1, 0.15) is 0 Å². The van der Waals surface area contributed by atoms with Crippen molar-refractivity contribution in [3.05, 3.63) is 0 Å². The predicted octanol–water partition coefficient (Wildman–Crippen LogP) is 4.40. The van der Waals surface area contributed by atoms with Crippen LogP contribution in [0.5, 0.6) is 0 Å². The van der Waals surface area contributed by atoms with Gasteiger partial charge in [0.25, 0.3) is 0 Å². The Bertz CT molecular complexity index is 341. The van der Waals surface area contributed by atoms with E-state index in [0.29, 0.717) is 12.7 Å². The number of esters is 1. The van der Waals surface area contributed by atoms with Crippen LogP contribution in [-0.4, -0.2) is 37.0 Å². The zero-order valence-corrected chi connectivity index (χ0v) is 15.0. The van der Waals surface area contributed by atoms with E-state index in [1.54, 1.807) is 0 Å². The molecule has 0 amide bonds. The second-order valence-electron chi connectivity index (χ2n) is 7.39. The van der Waals surface area contributed by atoms with Gasteiger partial charge in [0.2, 0.25) is 0 Å². The normalized spacial score (nSPS) is 25.3. The fourth-order valence-corrected chi connectivity index (χ4v) is 3.30. The van der Waals surface area contributed by atoms with Crippen molar-refractivity contribution in [3.63, 3.8) is 0 Å². The molecular formula is C19H34O4. The summed E-state index contributed by atoms with van der Waals surface area (Å²) in [5.41, 5.74) is -0.610. The topological polar surface area (TPSA) is 48.1 Å². The Hall–Kier alpha value is -0.610. The van der Waals surface area contributed by atoms with Gasteiger partial charge >= 0.3 is 5.97 Å². The third-order valence-corrected chi connectivity index (χ3v) is 4.84. The average Bonchev–Trinajstić information content (AvgIpc) is 3.31. The van der Waals surface area contributed by atoms with Crippen LogP contribution >= 0.6 is 0 Å². The van der Waals surface area contributed by atoms with E-state index in [9.17, 15) is 4.79 Å². The minimum atomic E-state index is -0.610. The Morgan fingerprint density at radius 2 is 1.74 bits per heavy atom. The molecule has 0 aromatic rings. The maximum atomic E-state index is 11.9. The Balaban J connectivity index is 1.47. The molecule has 0 N–H and O–H groups in total. The van der Waals surface area contributed by atoms with Crippen LogP contribution in [0, 0.1) is 0 Å². The van der Waals surface area contributed by atoms with Crippen LogP contribution in [-0.2, 0) is 19.0 Å². The van der Waals surface area contributed by atoms with Crippen molar-refractivity contribution >= 4 is 5.97 Å². The maximum absolute atomic E-state index is 11.9. The summed E-state index contributed by atoms with van der Waals surface area (Å²) in [6.07, 6.45) is 13.6. The number of hydrogen-bond acceptors (Lipinski definition) is 4. The molecule has 2 fully saturated rings. The highest BCUT2D eigenvalue weighted by atomic mass is 16.6. The molecule has 0 aromatic heterocycles. The van der Waals surface area contributed by atoms with Crippen LogP contribution in [0.25, 0.3) is 0 Å². The van der Waals surface area contributed by atoms with E-state index in [1.165, 1.54) is 44.9 Å². The van der Waals surface area contributed by atoms with Gasteiger partial charge in [0, 0.05) is 6.61 Å². The highest BCUT2D eigenvalue weighted by molar-refractivity contribution is 5.82. The second kappa shape index (κ2) is 9.63. The highest BCUT2D eigenvalue weighted by Gasteiger charge is 2.53. The minimum absolute atomic E-state index is 0.0651. The first-order valence-corrected chi connectivity index (χ1v) is 9.59. The number of epoxide rings is 1. The van der Waals surface area contributed by atoms with Crippen LogP contribution in [0.4, 0.5) is 0 Å². The van der Waals surface area contributed by atoms with Gasteiger partial charge in [-0.2, -0.15) is 0 Å². The molecule has 1 aliphatic carbocycles. The molecule has 134 valence electrons. The zero-order chi connectivity index (χ0) is 16.5. The number of unbranched alkanes of at least 4 members (excludes halogenated alkanes) is 3. The first-order chi connectivity index (χ1) is 11.1. The minimum Gasteiger partial charge on any atom is -0.461 e. The Labute approximate surface area is 141 Å². The highest BCUT2D eigenvalue weighted by Crippen LogP contribution is 2.34. The molecule has 4 nitrogen and oxygen atoms in total. The summed E-state index contributed by atoms with van der Waals surface area (Å²) in [5, 5.41) is 0. The number of carbonyl (C=O) groups is 1. The number of hydrogen-bond donors (Lipinski definition) is 0. The Morgan fingerprint density at radius 1 is 1.09 bits per heavy atom. The van der Waals surface area contributed by atoms with Gasteiger partial charge in [-0.3, -0.25) is 0 Å². The fraction of sp³-hybridized carbons (Fsp3) is 0.947.